The predicted molar refractivity (Wildman–Crippen MR) is 108 cm³/mol. The Bertz CT molecular complexity index is 1280. The van der Waals surface area contributed by atoms with E-state index in [1.165, 1.54) is 37.5 Å². The average molecular weight is 447 g/mol. The van der Waals surface area contributed by atoms with Crippen LogP contribution in [0.5, 0.6) is 0 Å². The van der Waals surface area contributed by atoms with E-state index in [0.717, 1.165) is 10.8 Å². The van der Waals surface area contributed by atoms with E-state index >= 15 is 0 Å². The smallest absolute Gasteiger partial charge is 0.374 e. The van der Waals surface area contributed by atoms with Crippen LogP contribution in [-0.2, 0) is 17.4 Å². The van der Waals surface area contributed by atoms with E-state index in [4.69, 9.17) is 0 Å². The number of benzene rings is 2. The summed E-state index contributed by atoms with van der Waals surface area (Å²) in [6, 6.07) is 10.2. The molecular weight excluding hydrogens is 430 g/mol. The van der Waals surface area contributed by atoms with Crippen LogP contribution < -0.4 is 5.32 Å². The van der Waals surface area contributed by atoms with Crippen LogP contribution in [0, 0.1) is 5.82 Å². The summed E-state index contributed by atoms with van der Waals surface area (Å²) in [5.74, 6) is -1.66. The number of aryl methyl sites for hydroxylation is 1. The monoisotopic (exact) mass is 447 g/mol. The fraction of sp³-hybridized carbons (Fsp3) is 0.190. The maximum atomic E-state index is 13.6. The van der Waals surface area contributed by atoms with E-state index in [-0.39, 0.29) is 11.5 Å². The third-order valence-electron chi connectivity index (χ3n) is 4.96. The molecule has 11 heteroatoms. The molecule has 0 aliphatic carbocycles. The Labute approximate surface area is 178 Å². The lowest BCUT2D eigenvalue weighted by Gasteiger charge is -2.29. The lowest BCUT2D eigenvalue weighted by Crippen LogP contribution is -2.46. The second-order valence-corrected chi connectivity index (χ2v) is 7.27. The third-order valence-corrected chi connectivity index (χ3v) is 4.96. The Hall–Kier alpha value is -3.73. The van der Waals surface area contributed by atoms with Gasteiger partial charge in [0.2, 0.25) is 11.5 Å². The molecule has 4 aromatic rings. The Morgan fingerprint density at radius 2 is 1.91 bits per heavy atom. The van der Waals surface area contributed by atoms with Gasteiger partial charge in [0.1, 0.15) is 11.6 Å². The van der Waals surface area contributed by atoms with Gasteiger partial charge in [-0.3, -0.25) is 4.79 Å². The molecule has 32 heavy (non-hydrogen) atoms. The van der Waals surface area contributed by atoms with E-state index in [0.29, 0.717) is 22.4 Å². The highest BCUT2D eigenvalue weighted by atomic mass is 19.4. The van der Waals surface area contributed by atoms with Gasteiger partial charge in [0.15, 0.2) is 5.82 Å². The average Bonchev–Trinajstić information content (AvgIpc) is 3.33. The molecule has 1 unspecified atom stereocenters. The van der Waals surface area contributed by atoms with Crippen molar-refractivity contribution >= 4 is 22.6 Å². The minimum atomic E-state index is -5.12. The Morgan fingerprint density at radius 1 is 1.19 bits per heavy atom. The molecule has 1 atom stereocenters. The molecule has 0 saturated heterocycles. The minimum absolute atomic E-state index is 0.209. The summed E-state index contributed by atoms with van der Waals surface area (Å²) in [7, 11) is 1.29. The van der Waals surface area contributed by atoms with Crippen LogP contribution in [0.1, 0.15) is 12.2 Å². The lowest BCUT2D eigenvalue weighted by atomic mass is 9.97. The van der Waals surface area contributed by atoms with Crippen LogP contribution in [0.15, 0.2) is 54.9 Å². The second kappa shape index (κ2) is 7.75. The topological polar surface area (TPSA) is 95.8 Å². The first kappa shape index (κ1) is 21.5. The van der Waals surface area contributed by atoms with Crippen molar-refractivity contribution in [2.75, 3.05) is 5.32 Å². The summed E-state index contributed by atoms with van der Waals surface area (Å²) >= 11 is 0. The molecule has 3 N–H and O–H groups in total. The number of rotatable bonds is 5. The van der Waals surface area contributed by atoms with Gasteiger partial charge in [-0.2, -0.15) is 13.2 Å². The number of aromatic nitrogens is 4. The zero-order valence-electron chi connectivity index (χ0n) is 16.6. The maximum absolute atomic E-state index is 13.6. The first-order valence-corrected chi connectivity index (χ1v) is 9.39. The number of fused-ring (bicyclic) bond motifs is 1. The number of anilines is 1. The zero-order valence-corrected chi connectivity index (χ0v) is 16.6. The summed E-state index contributed by atoms with van der Waals surface area (Å²) in [6.45, 7) is 0. The van der Waals surface area contributed by atoms with E-state index in [1.807, 2.05) is 0 Å². The van der Waals surface area contributed by atoms with Gasteiger partial charge >= 0.3 is 6.18 Å². The van der Waals surface area contributed by atoms with Crippen molar-refractivity contribution in [2.24, 2.45) is 7.05 Å². The van der Waals surface area contributed by atoms with Crippen molar-refractivity contribution < 1.29 is 27.5 Å². The van der Waals surface area contributed by atoms with Gasteiger partial charge in [-0.15, -0.1) is 0 Å². The van der Waals surface area contributed by atoms with Crippen molar-refractivity contribution in [3.8, 4) is 11.4 Å². The number of H-pyrrole nitrogens is 1. The molecule has 2 aromatic carbocycles. The summed E-state index contributed by atoms with van der Waals surface area (Å²) in [4.78, 5) is 23.4. The van der Waals surface area contributed by atoms with Crippen LogP contribution in [0.2, 0.25) is 0 Å². The van der Waals surface area contributed by atoms with Gasteiger partial charge in [0.25, 0.3) is 0 Å². The van der Waals surface area contributed by atoms with Crippen LogP contribution >= 0.6 is 0 Å². The van der Waals surface area contributed by atoms with Gasteiger partial charge < -0.3 is 20.0 Å². The molecule has 2 aromatic heterocycles. The number of alkyl halides is 3. The Morgan fingerprint density at radius 3 is 2.53 bits per heavy atom. The molecule has 0 radical (unpaired) electrons. The molecule has 1 amide bonds. The molecule has 0 aliphatic rings. The number of carbonyl (C=O) groups excluding carboxylic acids is 1. The highest BCUT2D eigenvalue weighted by molar-refractivity contribution is 5.94. The van der Waals surface area contributed by atoms with Crippen LogP contribution in [-0.4, -0.2) is 36.7 Å². The van der Waals surface area contributed by atoms with Crippen LogP contribution in [0.3, 0.4) is 0 Å². The standard InChI is InChI=1S/C21H17F4N5O2/c1-30-9-8-26-19(30)20(32,21(23,24)25)11-17(31)27-14-6-7-15-16(10-14)29-18(28-15)12-2-4-13(22)5-3-12/h2-10,32H,11H2,1H3,(H,27,31)(H,28,29). The molecule has 0 bridgehead atoms. The van der Waals surface area contributed by atoms with Crippen LogP contribution in [0.25, 0.3) is 22.4 Å². The fourth-order valence-corrected chi connectivity index (χ4v) is 3.34. The van der Waals surface area contributed by atoms with Gasteiger partial charge in [0, 0.05) is 30.7 Å². The third kappa shape index (κ3) is 3.94. The number of aliphatic hydroxyl groups is 1. The SMILES string of the molecule is Cn1ccnc1C(O)(CC(=O)Nc1ccc2nc(-c3ccc(F)cc3)[nH]c2c1)C(F)(F)F. The van der Waals surface area contributed by atoms with Gasteiger partial charge in [-0.1, -0.05) is 0 Å². The number of nitrogens with one attached hydrogen (secondary N) is 2. The van der Waals surface area contributed by atoms with Crippen molar-refractivity contribution in [1.29, 1.82) is 0 Å². The van der Waals surface area contributed by atoms with E-state index in [9.17, 15) is 27.5 Å². The maximum Gasteiger partial charge on any atom is 0.425 e. The van der Waals surface area contributed by atoms with Crippen molar-refractivity contribution in [2.45, 2.75) is 18.2 Å². The second-order valence-electron chi connectivity index (χ2n) is 7.27. The first-order chi connectivity index (χ1) is 15.1. The highest BCUT2D eigenvalue weighted by Gasteiger charge is 2.58. The van der Waals surface area contributed by atoms with E-state index < -0.39 is 29.9 Å². The summed E-state index contributed by atoms with van der Waals surface area (Å²) < 4.78 is 55.0. The largest absolute Gasteiger partial charge is 0.425 e. The molecule has 166 valence electrons. The van der Waals surface area contributed by atoms with Gasteiger partial charge in [0.05, 0.1) is 17.5 Å². The number of hydrogen-bond acceptors (Lipinski definition) is 4. The lowest BCUT2D eigenvalue weighted by molar-refractivity contribution is -0.270. The van der Waals surface area contributed by atoms with Gasteiger partial charge in [-0.05, 0) is 42.5 Å². The number of halogens is 4. The quantitative estimate of drug-likeness (QED) is 0.405. The molecular formula is C21H17F4N5O2. The number of amides is 1. The fourth-order valence-electron chi connectivity index (χ4n) is 3.34. The summed E-state index contributed by atoms with van der Waals surface area (Å²) in [5.41, 5.74) is -1.55. The number of aromatic amines is 1. The predicted octanol–water partition coefficient (Wildman–Crippen LogP) is 3.88. The summed E-state index contributed by atoms with van der Waals surface area (Å²) in [5, 5.41) is 12.7. The van der Waals surface area contributed by atoms with E-state index in [1.54, 1.807) is 18.2 Å². The van der Waals surface area contributed by atoms with Gasteiger partial charge in [-0.25, -0.2) is 14.4 Å². The number of imidazole rings is 2. The molecule has 0 saturated carbocycles. The summed E-state index contributed by atoms with van der Waals surface area (Å²) in [6.07, 6.45) is -4.05. The first-order valence-electron chi connectivity index (χ1n) is 9.39. The Balaban J connectivity index is 1.56. The normalized spacial score (nSPS) is 13.8. The minimum Gasteiger partial charge on any atom is -0.374 e. The molecule has 2 heterocycles. The van der Waals surface area contributed by atoms with Crippen LogP contribution in [0.4, 0.5) is 23.2 Å². The molecule has 7 nitrogen and oxygen atoms in total. The van der Waals surface area contributed by atoms with Crippen molar-refractivity contribution in [3.05, 3.63) is 66.5 Å². The zero-order chi connectivity index (χ0) is 23.1. The highest BCUT2D eigenvalue weighted by Crippen LogP contribution is 2.41. The molecule has 0 spiro atoms. The van der Waals surface area contributed by atoms with E-state index in [2.05, 4.69) is 20.3 Å². The number of carbonyl (C=O) groups is 1. The van der Waals surface area contributed by atoms with Crippen molar-refractivity contribution in [1.82, 2.24) is 19.5 Å². The number of hydrogen-bond donors (Lipinski definition) is 3. The number of nitrogens with zero attached hydrogens (tertiary/aromatic N) is 3. The molecule has 0 aliphatic heterocycles. The van der Waals surface area contributed by atoms with Crippen molar-refractivity contribution in [3.63, 3.8) is 0 Å². The molecule has 4 rings (SSSR count). The Kier molecular flexibility index (Phi) is 5.21. The molecule has 0 fully saturated rings.